The van der Waals surface area contributed by atoms with Crippen molar-refractivity contribution in [3.05, 3.63) is 87.7 Å². The zero-order valence-corrected chi connectivity index (χ0v) is 22.9. The molecule has 0 atom stereocenters. The molecule has 0 saturated carbocycles. The Labute approximate surface area is 224 Å². The number of ether oxygens (including phenoxy) is 1. The van der Waals surface area contributed by atoms with Crippen LogP contribution in [0.15, 0.2) is 70.6 Å². The zero-order valence-electron chi connectivity index (χ0n) is 21.3. The molecule has 1 aromatic heterocycles. The summed E-state index contributed by atoms with van der Waals surface area (Å²) in [5, 5.41) is 0. The van der Waals surface area contributed by atoms with Gasteiger partial charge in [-0.05, 0) is 80.3 Å². The number of aryl methyl sites for hydroxylation is 2. The zero-order chi connectivity index (χ0) is 27.0. The lowest BCUT2D eigenvalue weighted by molar-refractivity contribution is -0.143. The topological polar surface area (TPSA) is 98.0 Å². The van der Waals surface area contributed by atoms with Gasteiger partial charge >= 0.3 is 5.97 Å². The lowest BCUT2D eigenvalue weighted by Gasteiger charge is -2.19. The normalized spacial score (nSPS) is 13.7. The predicted molar refractivity (Wildman–Crippen MR) is 147 cm³/mol. The van der Waals surface area contributed by atoms with E-state index < -0.39 is 21.9 Å². The van der Waals surface area contributed by atoms with Crippen molar-refractivity contribution in [2.45, 2.75) is 38.6 Å². The molecule has 1 aliphatic rings. The SMILES string of the molecule is CCOC(=O)Cn1c(=NC(=O)c2ccc(S(=O)(=O)N3CCc4ccccc43)cc2)sc2c(C)cc(C)cc21. The Bertz CT molecular complexity index is 1730. The van der Waals surface area contributed by atoms with Crippen molar-refractivity contribution < 1.29 is 22.7 Å². The van der Waals surface area contributed by atoms with Gasteiger partial charge in [-0.15, -0.1) is 0 Å². The Kier molecular flexibility index (Phi) is 6.93. The van der Waals surface area contributed by atoms with Crippen LogP contribution in [0.1, 0.15) is 34.0 Å². The fourth-order valence-corrected chi connectivity index (χ4v) is 7.27. The molecule has 3 aromatic carbocycles. The van der Waals surface area contributed by atoms with E-state index in [4.69, 9.17) is 4.74 Å². The summed E-state index contributed by atoms with van der Waals surface area (Å²) in [5.41, 5.74) is 4.78. The van der Waals surface area contributed by atoms with Gasteiger partial charge < -0.3 is 9.30 Å². The summed E-state index contributed by atoms with van der Waals surface area (Å²) in [6, 6.07) is 17.3. The number of thiazole rings is 1. The Morgan fingerprint density at radius 2 is 1.79 bits per heavy atom. The number of fused-ring (bicyclic) bond motifs is 2. The molecular weight excluding hydrogens is 522 g/mol. The van der Waals surface area contributed by atoms with Crippen molar-refractivity contribution in [1.29, 1.82) is 0 Å². The molecule has 0 radical (unpaired) electrons. The fraction of sp³-hybridized carbons (Fsp3) is 0.250. The molecular formula is C28H27N3O5S2. The fourth-order valence-electron chi connectivity index (χ4n) is 4.69. The van der Waals surface area contributed by atoms with Crippen molar-refractivity contribution >= 4 is 49.1 Å². The van der Waals surface area contributed by atoms with Crippen molar-refractivity contribution in [2.24, 2.45) is 4.99 Å². The maximum atomic E-state index is 13.3. The van der Waals surface area contributed by atoms with Gasteiger partial charge in [-0.2, -0.15) is 4.99 Å². The third kappa shape index (κ3) is 4.77. The number of anilines is 1. The van der Waals surface area contributed by atoms with Crippen molar-refractivity contribution in [3.8, 4) is 0 Å². The molecule has 38 heavy (non-hydrogen) atoms. The van der Waals surface area contributed by atoms with Gasteiger partial charge in [0.15, 0.2) is 4.80 Å². The summed E-state index contributed by atoms with van der Waals surface area (Å²) in [7, 11) is -3.77. The van der Waals surface area contributed by atoms with E-state index in [9.17, 15) is 18.0 Å². The van der Waals surface area contributed by atoms with Crippen LogP contribution in [0.2, 0.25) is 0 Å². The van der Waals surface area contributed by atoms with E-state index in [1.807, 2.05) is 44.2 Å². The number of carbonyl (C=O) groups is 2. The van der Waals surface area contributed by atoms with Gasteiger partial charge in [-0.3, -0.25) is 13.9 Å². The molecule has 5 rings (SSSR count). The number of rotatable bonds is 6. The number of benzene rings is 3. The molecule has 8 nitrogen and oxygen atoms in total. The van der Waals surface area contributed by atoms with Crippen molar-refractivity contribution in [3.63, 3.8) is 0 Å². The first-order valence-corrected chi connectivity index (χ1v) is 14.5. The molecule has 0 saturated heterocycles. The summed E-state index contributed by atoms with van der Waals surface area (Å²) in [5.74, 6) is -0.947. The number of carbonyl (C=O) groups excluding carboxylic acids is 2. The minimum Gasteiger partial charge on any atom is -0.465 e. The number of hydrogen-bond donors (Lipinski definition) is 0. The monoisotopic (exact) mass is 549 g/mol. The van der Waals surface area contributed by atoms with E-state index in [1.165, 1.54) is 39.9 Å². The standard InChI is InChI=1S/C28H27N3O5S2/c1-4-36-25(32)17-30-24-16-18(2)15-19(3)26(24)37-28(30)29-27(33)21-9-11-22(12-10-21)38(34,35)31-14-13-20-7-5-6-8-23(20)31/h5-12,15-16H,4,13-14,17H2,1-3H3. The highest BCUT2D eigenvalue weighted by Crippen LogP contribution is 2.32. The Balaban J connectivity index is 1.48. The molecule has 0 N–H and O–H groups in total. The van der Waals surface area contributed by atoms with Gasteiger partial charge in [0.25, 0.3) is 15.9 Å². The summed E-state index contributed by atoms with van der Waals surface area (Å²) in [6.45, 7) is 6.24. The molecule has 10 heteroatoms. The summed E-state index contributed by atoms with van der Waals surface area (Å²) in [4.78, 5) is 30.3. The van der Waals surface area contributed by atoms with E-state index >= 15 is 0 Å². The first-order chi connectivity index (χ1) is 18.2. The van der Waals surface area contributed by atoms with Gasteiger partial charge in [-0.1, -0.05) is 35.6 Å². The van der Waals surface area contributed by atoms with Crippen LogP contribution in [0.25, 0.3) is 10.2 Å². The highest BCUT2D eigenvalue weighted by atomic mass is 32.2. The number of aromatic nitrogens is 1. The number of amides is 1. The third-order valence-corrected chi connectivity index (χ3v) is 9.49. The average Bonchev–Trinajstić information content (AvgIpc) is 3.47. The predicted octanol–water partition coefficient (Wildman–Crippen LogP) is 4.38. The Hall–Kier alpha value is -3.76. The maximum Gasteiger partial charge on any atom is 0.326 e. The molecule has 0 spiro atoms. The second kappa shape index (κ2) is 10.2. The molecule has 0 aliphatic carbocycles. The van der Waals surface area contributed by atoms with Gasteiger partial charge in [0, 0.05) is 12.1 Å². The van der Waals surface area contributed by atoms with Crippen LogP contribution < -0.4 is 9.11 Å². The van der Waals surface area contributed by atoms with E-state index in [-0.39, 0.29) is 23.6 Å². The Morgan fingerprint density at radius 3 is 2.53 bits per heavy atom. The second-order valence-corrected chi connectivity index (χ2v) is 11.9. The average molecular weight is 550 g/mol. The van der Waals surface area contributed by atoms with Crippen LogP contribution in [-0.2, 0) is 32.5 Å². The molecule has 0 unspecified atom stereocenters. The Morgan fingerprint density at radius 1 is 1.05 bits per heavy atom. The number of esters is 1. The molecule has 2 heterocycles. The molecule has 0 bridgehead atoms. The van der Waals surface area contributed by atoms with Gasteiger partial charge in [0.1, 0.15) is 6.54 Å². The molecule has 1 amide bonds. The minimum absolute atomic E-state index is 0.0721. The maximum absolute atomic E-state index is 13.3. The minimum atomic E-state index is -3.77. The largest absolute Gasteiger partial charge is 0.465 e. The summed E-state index contributed by atoms with van der Waals surface area (Å²) < 4.78 is 35.8. The highest BCUT2D eigenvalue weighted by Gasteiger charge is 2.30. The first-order valence-electron chi connectivity index (χ1n) is 12.2. The van der Waals surface area contributed by atoms with E-state index in [0.717, 1.165) is 26.9 Å². The lowest BCUT2D eigenvalue weighted by atomic mass is 10.1. The number of sulfonamides is 1. The smallest absolute Gasteiger partial charge is 0.326 e. The van der Waals surface area contributed by atoms with Gasteiger partial charge in [-0.25, -0.2) is 8.42 Å². The lowest BCUT2D eigenvalue weighted by Crippen LogP contribution is -2.29. The molecule has 196 valence electrons. The molecule has 1 aliphatic heterocycles. The van der Waals surface area contributed by atoms with Crippen LogP contribution in [0, 0.1) is 13.8 Å². The first kappa shape index (κ1) is 25.9. The second-order valence-electron chi connectivity index (χ2n) is 9.10. The number of nitrogens with zero attached hydrogens (tertiary/aromatic N) is 3. The van der Waals surface area contributed by atoms with E-state index in [2.05, 4.69) is 4.99 Å². The molecule has 0 fully saturated rings. The van der Waals surface area contributed by atoms with E-state index in [1.54, 1.807) is 17.6 Å². The summed E-state index contributed by atoms with van der Waals surface area (Å²) in [6.07, 6.45) is 0.658. The van der Waals surface area contributed by atoms with Crippen molar-refractivity contribution in [1.82, 2.24) is 4.57 Å². The third-order valence-electron chi connectivity index (χ3n) is 6.44. The summed E-state index contributed by atoms with van der Waals surface area (Å²) >= 11 is 1.33. The quantitative estimate of drug-likeness (QED) is 0.333. The van der Waals surface area contributed by atoms with Crippen LogP contribution in [0.3, 0.4) is 0 Å². The van der Waals surface area contributed by atoms with Crippen molar-refractivity contribution in [2.75, 3.05) is 17.5 Å². The van der Waals surface area contributed by atoms with Crippen LogP contribution in [0.4, 0.5) is 5.69 Å². The number of hydrogen-bond acceptors (Lipinski definition) is 6. The van der Waals surface area contributed by atoms with E-state index in [0.29, 0.717) is 23.5 Å². The highest BCUT2D eigenvalue weighted by molar-refractivity contribution is 7.92. The van der Waals surface area contributed by atoms with Crippen LogP contribution >= 0.6 is 11.3 Å². The molecule has 4 aromatic rings. The number of para-hydroxylation sites is 1. The van der Waals surface area contributed by atoms with Crippen LogP contribution in [-0.4, -0.2) is 38.0 Å². The van der Waals surface area contributed by atoms with Gasteiger partial charge in [0.2, 0.25) is 0 Å². The van der Waals surface area contributed by atoms with Gasteiger partial charge in [0.05, 0.1) is 27.4 Å². The van der Waals surface area contributed by atoms with Crippen LogP contribution in [0.5, 0.6) is 0 Å².